The molecule has 2 aromatic rings. The van der Waals surface area contributed by atoms with E-state index in [1.807, 2.05) is 18.3 Å². The molecule has 0 aliphatic carbocycles. The lowest BCUT2D eigenvalue weighted by Gasteiger charge is -2.12. The summed E-state index contributed by atoms with van der Waals surface area (Å²) in [6.45, 7) is 6.26. The number of pyridine rings is 1. The van der Waals surface area contributed by atoms with Gasteiger partial charge in [0.1, 0.15) is 0 Å². The van der Waals surface area contributed by atoms with Gasteiger partial charge < -0.3 is 5.11 Å². The molecule has 0 aliphatic heterocycles. The van der Waals surface area contributed by atoms with E-state index in [0.29, 0.717) is 6.42 Å². The molecule has 0 spiro atoms. The van der Waals surface area contributed by atoms with Crippen molar-refractivity contribution < 1.29 is 5.11 Å². The van der Waals surface area contributed by atoms with Crippen molar-refractivity contribution in [3.05, 3.63) is 64.5 Å². The van der Waals surface area contributed by atoms with Crippen LogP contribution in [0.1, 0.15) is 41.0 Å². The monoisotopic (exact) mass is 255 g/mol. The quantitative estimate of drug-likeness (QED) is 0.906. The van der Waals surface area contributed by atoms with E-state index in [9.17, 15) is 5.11 Å². The summed E-state index contributed by atoms with van der Waals surface area (Å²) in [4.78, 5) is 4.39. The SMILES string of the molecule is CCc1ccc(CC(O)c2ccc(C)c(C)c2)nc1. The van der Waals surface area contributed by atoms with E-state index >= 15 is 0 Å². The Labute approximate surface area is 115 Å². The number of hydrogen-bond acceptors (Lipinski definition) is 2. The lowest BCUT2D eigenvalue weighted by atomic mass is 9.99. The van der Waals surface area contributed by atoms with Gasteiger partial charge in [-0.05, 0) is 48.6 Å². The summed E-state index contributed by atoms with van der Waals surface area (Å²) in [6.07, 6.45) is 2.96. The van der Waals surface area contributed by atoms with Crippen LogP contribution in [0, 0.1) is 13.8 Å². The van der Waals surface area contributed by atoms with Crippen molar-refractivity contribution in [1.82, 2.24) is 4.98 Å². The standard InChI is InChI=1S/C17H21NO/c1-4-14-6-8-16(18-11-14)10-17(19)15-7-5-12(2)13(3)9-15/h5-9,11,17,19H,4,10H2,1-3H3. The minimum absolute atomic E-state index is 0.487. The molecule has 2 heteroatoms. The van der Waals surface area contributed by atoms with Crippen LogP contribution in [0.5, 0.6) is 0 Å². The van der Waals surface area contributed by atoms with Crippen LogP contribution in [-0.4, -0.2) is 10.1 Å². The largest absolute Gasteiger partial charge is 0.388 e. The van der Waals surface area contributed by atoms with Crippen molar-refractivity contribution in [2.24, 2.45) is 0 Å². The second kappa shape index (κ2) is 5.98. The summed E-state index contributed by atoms with van der Waals surface area (Å²) < 4.78 is 0. The zero-order chi connectivity index (χ0) is 13.8. The van der Waals surface area contributed by atoms with Crippen LogP contribution in [0.15, 0.2) is 36.5 Å². The van der Waals surface area contributed by atoms with E-state index in [1.165, 1.54) is 16.7 Å². The zero-order valence-corrected chi connectivity index (χ0v) is 11.9. The fourth-order valence-electron chi connectivity index (χ4n) is 2.07. The first kappa shape index (κ1) is 13.8. The molecule has 100 valence electrons. The van der Waals surface area contributed by atoms with E-state index in [1.54, 1.807) is 0 Å². The van der Waals surface area contributed by atoms with Gasteiger partial charge in [-0.25, -0.2) is 0 Å². The van der Waals surface area contributed by atoms with Crippen LogP contribution >= 0.6 is 0 Å². The van der Waals surface area contributed by atoms with Gasteiger partial charge in [0, 0.05) is 18.3 Å². The summed E-state index contributed by atoms with van der Waals surface area (Å²) in [6, 6.07) is 10.2. The second-order valence-corrected chi connectivity index (χ2v) is 5.07. The van der Waals surface area contributed by atoms with E-state index in [-0.39, 0.29) is 0 Å². The van der Waals surface area contributed by atoms with Gasteiger partial charge in [-0.2, -0.15) is 0 Å². The molecule has 1 unspecified atom stereocenters. The highest BCUT2D eigenvalue weighted by molar-refractivity contribution is 5.31. The Bertz CT molecular complexity index is 546. The van der Waals surface area contributed by atoms with E-state index < -0.39 is 6.10 Å². The Morgan fingerprint density at radius 3 is 2.47 bits per heavy atom. The van der Waals surface area contributed by atoms with Gasteiger partial charge in [-0.15, -0.1) is 0 Å². The van der Waals surface area contributed by atoms with E-state index in [4.69, 9.17) is 0 Å². The summed E-state index contributed by atoms with van der Waals surface area (Å²) in [5, 5.41) is 10.3. The third kappa shape index (κ3) is 3.42. The summed E-state index contributed by atoms with van der Waals surface area (Å²) in [5.74, 6) is 0. The number of aryl methyl sites for hydroxylation is 3. The van der Waals surface area contributed by atoms with Gasteiger partial charge in [-0.1, -0.05) is 31.2 Å². The zero-order valence-electron chi connectivity index (χ0n) is 11.9. The number of hydrogen-bond donors (Lipinski definition) is 1. The van der Waals surface area contributed by atoms with Crippen LogP contribution in [0.2, 0.25) is 0 Å². The van der Waals surface area contributed by atoms with Crippen molar-refractivity contribution >= 4 is 0 Å². The van der Waals surface area contributed by atoms with Gasteiger partial charge in [0.05, 0.1) is 6.10 Å². The van der Waals surface area contributed by atoms with Crippen molar-refractivity contribution in [1.29, 1.82) is 0 Å². The van der Waals surface area contributed by atoms with Crippen molar-refractivity contribution in [2.45, 2.75) is 39.7 Å². The Hall–Kier alpha value is -1.67. The molecule has 0 bridgehead atoms. The van der Waals surface area contributed by atoms with Crippen LogP contribution < -0.4 is 0 Å². The van der Waals surface area contributed by atoms with Crippen molar-refractivity contribution in [3.63, 3.8) is 0 Å². The molecular formula is C17H21NO. The van der Waals surface area contributed by atoms with E-state index in [0.717, 1.165) is 17.7 Å². The predicted octanol–water partition coefficient (Wildman–Crippen LogP) is 3.54. The number of nitrogens with zero attached hydrogens (tertiary/aromatic N) is 1. The topological polar surface area (TPSA) is 33.1 Å². The maximum Gasteiger partial charge on any atom is 0.0845 e. The minimum Gasteiger partial charge on any atom is -0.388 e. The Morgan fingerprint density at radius 1 is 1.11 bits per heavy atom. The van der Waals surface area contributed by atoms with Gasteiger partial charge in [-0.3, -0.25) is 4.98 Å². The minimum atomic E-state index is -0.487. The van der Waals surface area contributed by atoms with E-state index in [2.05, 4.69) is 44.0 Å². The Morgan fingerprint density at radius 2 is 1.89 bits per heavy atom. The van der Waals surface area contributed by atoms with Crippen LogP contribution in [0.3, 0.4) is 0 Å². The number of aliphatic hydroxyl groups is 1. The summed E-state index contributed by atoms with van der Waals surface area (Å²) >= 11 is 0. The third-order valence-electron chi connectivity index (χ3n) is 3.61. The molecule has 1 N–H and O–H groups in total. The molecular weight excluding hydrogens is 234 g/mol. The molecule has 0 saturated heterocycles. The van der Waals surface area contributed by atoms with Crippen LogP contribution in [0.25, 0.3) is 0 Å². The molecule has 0 amide bonds. The average molecular weight is 255 g/mol. The maximum absolute atomic E-state index is 10.3. The lowest BCUT2D eigenvalue weighted by molar-refractivity contribution is 0.177. The molecule has 19 heavy (non-hydrogen) atoms. The highest BCUT2D eigenvalue weighted by atomic mass is 16.3. The fraction of sp³-hybridized carbons (Fsp3) is 0.353. The van der Waals surface area contributed by atoms with Gasteiger partial charge in [0.15, 0.2) is 0 Å². The number of aliphatic hydroxyl groups excluding tert-OH is 1. The molecule has 1 aromatic carbocycles. The lowest BCUT2D eigenvalue weighted by Crippen LogP contribution is -2.04. The van der Waals surface area contributed by atoms with Gasteiger partial charge >= 0.3 is 0 Å². The van der Waals surface area contributed by atoms with Gasteiger partial charge in [0.2, 0.25) is 0 Å². The van der Waals surface area contributed by atoms with Crippen LogP contribution in [-0.2, 0) is 12.8 Å². The Kier molecular flexibility index (Phi) is 4.33. The fourth-order valence-corrected chi connectivity index (χ4v) is 2.07. The normalized spacial score (nSPS) is 12.4. The highest BCUT2D eigenvalue weighted by Gasteiger charge is 2.10. The smallest absolute Gasteiger partial charge is 0.0845 e. The third-order valence-corrected chi connectivity index (χ3v) is 3.61. The molecule has 0 radical (unpaired) electrons. The molecule has 0 saturated carbocycles. The summed E-state index contributed by atoms with van der Waals surface area (Å²) in [7, 11) is 0. The number of benzene rings is 1. The van der Waals surface area contributed by atoms with Crippen molar-refractivity contribution in [3.8, 4) is 0 Å². The molecule has 1 atom stereocenters. The predicted molar refractivity (Wildman–Crippen MR) is 78.2 cm³/mol. The number of aromatic nitrogens is 1. The molecule has 2 nitrogen and oxygen atoms in total. The second-order valence-electron chi connectivity index (χ2n) is 5.07. The van der Waals surface area contributed by atoms with Crippen molar-refractivity contribution in [2.75, 3.05) is 0 Å². The molecule has 1 aromatic heterocycles. The molecule has 0 fully saturated rings. The first-order valence-electron chi connectivity index (χ1n) is 6.79. The first-order chi connectivity index (χ1) is 9.10. The molecule has 1 heterocycles. The molecule has 2 rings (SSSR count). The summed E-state index contributed by atoms with van der Waals surface area (Å²) in [5.41, 5.74) is 5.59. The highest BCUT2D eigenvalue weighted by Crippen LogP contribution is 2.20. The average Bonchev–Trinajstić information content (AvgIpc) is 2.42. The van der Waals surface area contributed by atoms with Crippen LogP contribution in [0.4, 0.5) is 0 Å². The van der Waals surface area contributed by atoms with Gasteiger partial charge in [0.25, 0.3) is 0 Å². The Balaban J connectivity index is 2.10. The molecule has 0 aliphatic rings. The first-order valence-corrected chi connectivity index (χ1v) is 6.79. The maximum atomic E-state index is 10.3. The number of rotatable bonds is 4.